The van der Waals surface area contributed by atoms with Gasteiger partial charge in [0.15, 0.2) is 0 Å². The first kappa shape index (κ1) is 12.2. The molecule has 0 unspecified atom stereocenters. The smallest absolute Gasteiger partial charge is 0.335 e. The molecule has 1 aromatic carbocycles. The quantitative estimate of drug-likeness (QED) is 0.912. The average molecular weight is 273 g/mol. The highest BCUT2D eigenvalue weighted by Gasteiger charge is 2.18. The molecule has 0 bridgehead atoms. The van der Waals surface area contributed by atoms with Gasteiger partial charge >= 0.3 is 5.97 Å². The van der Waals surface area contributed by atoms with Crippen LogP contribution in [0.2, 0.25) is 0 Å². The molecule has 0 saturated carbocycles. The van der Waals surface area contributed by atoms with Gasteiger partial charge in [-0.2, -0.15) is 0 Å². The molecule has 0 fully saturated rings. The van der Waals surface area contributed by atoms with E-state index in [-0.39, 0.29) is 0 Å². The predicted octanol–water partition coefficient (Wildman–Crippen LogP) is 3.32. The largest absolute Gasteiger partial charge is 0.478 e. The van der Waals surface area contributed by atoms with Crippen molar-refractivity contribution in [3.63, 3.8) is 0 Å². The van der Waals surface area contributed by atoms with Crippen molar-refractivity contribution in [2.45, 2.75) is 19.9 Å². The number of carboxylic acid groups (broad SMARTS) is 1. The molecule has 1 aliphatic heterocycles. The molecule has 3 nitrogen and oxygen atoms in total. The third-order valence-corrected chi connectivity index (χ3v) is 4.64. The molecule has 0 amide bonds. The van der Waals surface area contributed by atoms with Crippen LogP contribution in [0.5, 0.6) is 0 Å². The van der Waals surface area contributed by atoms with Crippen molar-refractivity contribution in [1.29, 1.82) is 0 Å². The molecule has 0 radical (unpaired) electrons. The zero-order valence-electron chi connectivity index (χ0n) is 10.7. The minimum atomic E-state index is -0.859. The highest BCUT2D eigenvalue weighted by atomic mass is 32.1. The van der Waals surface area contributed by atoms with Gasteiger partial charge in [-0.3, -0.25) is 0 Å². The summed E-state index contributed by atoms with van der Waals surface area (Å²) in [6.45, 7) is 3.77. The second-order valence-electron chi connectivity index (χ2n) is 4.84. The van der Waals surface area contributed by atoms with Gasteiger partial charge in [-0.25, -0.2) is 4.79 Å². The summed E-state index contributed by atoms with van der Waals surface area (Å²) < 4.78 is 0. The Labute approximate surface area is 116 Å². The number of carboxylic acids is 1. The van der Waals surface area contributed by atoms with Gasteiger partial charge < -0.3 is 10.0 Å². The Hall–Kier alpha value is -1.81. The lowest BCUT2D eigenvalue weighted by molar-refractivity contribution is 0.0696. The third kappa shape index (κ3) is 2.24. The molecule has 4 heteroatoms. The van der Waals surface area contributed by atoms with Gasteiger partial charge in [0.25, 0.3) is 0 Å². The highest BCUT2D eigenvalue weighted by Crippen LogP contribution is 2.28. The zero-order chi connectivity index (χ0) is 13.4. The maximum absolute atomic E-state index is 11.0. The monoisotopic (exact) mass is 273 g/mol. The summed E-state index contributed by atoms with van der Waals surface area (Å²) in [6.07, 6.45) is 1.08. The lowest BCUT2D eigenvalue weighted by Crippen LogP contribution is -2.29. The van der Waals surface area contributed by atoms with Gasteiger partial charge in [-0.05, 0) is 54.1 Å². The van der Waals surface area contributed by atoms with E-state index < -0.39 is 5.97 Å². The van der Waals surface area contributed by atoms with Gasteiger partial charge in [0, 0.05) is 23.7 Å². The number of hydrogen-bond acceptors (Lipinski definition) is 3. The Balaban J connectivity index is 1.88. The van der Waals surface area contributed by atoms with E-state index in [9.17, 15) is 4.79 Å². The van der Waals surface area contributed by atoms with Crippen molar-refractivity contribution in [2.24, 2.45) is 0 Å². The second kappa shape index (κ2) is 4.70. The van der Waals surface area contributed by atoms with Crippen LogP contribution in [0.3, 0.4) is 0 Å². The van der Waals surface area contributed by atoms with Crippen molar-refractivity contribution in [2.75, 3.05) is 11.4 Å². The van der Waals surface area contributed by atoms with Crippen molar-refractivity contribution in [3.05, 3.63) is 51.2 Å². The van der Waals surface area contributed by atoms with E-state index in [0.717, 1.165) is 30.8 Å². The fourth-order valence-electron chi connectivity index (χ4n) is 2.55. The molecule has 0 saturated heterocycles. The lowest BCUT2D eigenvalue weighted by atomic mass is 10.1. The van der Waals surface area contributed by atoms with Crippen LogP contribution in [0.4, 0.5) is 5.69 Å². The maximum atomic E-state index is 11.0. The van der Waals surface area contributed by atoms with E-state index in [0.29, 0.717) is 5.56 Å². The summed E-state index contributed by atoms with van der Waals surface area (Å²) in [7, 11) is 0. The maximum Gasteiger partial charge on any atom is 0.335 e. The van der Waals surface area contributed by atoms with E-state index >= 15 is 0 Å². The van der Waals surface area contributed by atoms with Crippen molar-refractivity contribution >= 4 is 23.0 Å². The molecule has 19 heavy (non-hydrogen) atoms. The van der Waals surface area contributed by atoms with Crippen LogP contribution in [-0.4, -0.2) is 17.6 Å². The summed E-state index contributed by atoms with van der Waals surface area (Å²) in [6, 6.07) is 7.77. The number of aromatic carboxylic acids is 1. The number of carbonyl (C=O) groups is 1. The Morgan fingerprint density at radius 1 is 1.37 bits per heavy atom. The van der Waals surface area contributed by atoms with Crippen LogP contribution >= 0.6 is 11.3 Å². The second-order valence-corrected chi connectivity index (χ2v) is 5.85. The lowest BCUT2D eigenvalue weighted by Gasteiger charge is -2.29. The van der Waals surface area contributed by atoms with Crippen LogP contribution < -0.4 is 4.90 Å². The Morgan fingerprint density at radius 2 is 2.21 bits per heavy atom. The van der Waals surface area contributed by atoms with E-state index in [1.807, 2.05) is 30.4 Å². The number of rotatable bonds is 2. The molecular formula is C15H15NO2S. The average Bonchev–Trinajstić information content (AvgIpc) is 2.85. The van der Waals surface area contributed by atoms with Crippen LogP contribution in [-0.2, 0) is 13.0 Å². The molecule has 3 rings (SSSR count). The number of fused-ring (bicyclic) bond motifs is 1. The topological polar surface area (TPSA) is 40.5 Å². The van der Waals surface area contributed by atoms with Crippen LogP contribution in [0, 0.1) is 6.92 Å². The minimum Gasteiger partial charge on any atom is -0.478 e. The number of hydrogen-bond donors (Lipinski definition) is 1. The Kier molecular flexibility index (Phi) is 3.03. The molecule has 0 spiro atoms. The molecule has 0 atom stereocenters. The first-order valence-corrected chi connectivity index (χ1v) is 7.17. The molecule has 0 aliphatic carbocycles. The first-order valence-electron chi connectivity index (χ1n) is 6.29. The van der Waals surface area contributed by atoms with Gasteiger partial charge in [0.1, 0.15) is 0 Å². The van der Waals surface area contributed by atoms with Gasteiger partial charge in [0.05, 0.1) is 5.56 Å². The molecule has 1 N–H and O–H groups in total. The van der Waals surface area contributed by atoms with Crippen molar-refractivity contribution < 1.29 is 9.90 Å². The third-order valence-electron chi connectivity index (χ3n) is 3.61. The fourth-order valence-corrected chi connectivity index (χ4v) is 3.44. The number of nitrogens with zero attached hydrogens (tertiary/aromatic N) is 1. The molecular weight excluding hydrogens is 258 g/mol. The summed E-state index contributed by atoms with van der Waals surface area (Å²) >= 11 is 1.83. The van der Waals surface area contributed by atoms with Crippen molar-refractivity contribution in [1.82, 2.24) is 0 Å². The van der Waals surface area contributed by atoms with Gasteiger partial charge in [-0.1, -0.05) is 0 Å². The summed E-state index contributed by atoms with van der Waals surface area (Å²) in [5.41, 5.74) is 3.72. The van der Waals surface area contributed by atoms with E-state index in [4.69, 9.17) is 5.11 Å². The standard InChI is InChI=1S/C15H15NO2S/c1-10-8-12(2-3-13(10)15(17)18)16-6-4-14-11(9-16)5-7-19-14/h2-3,5,7-8H,4,6,9H2,1H3,(H,17,18). The number of benzene rings is 1. The fraction of sp³-hybridized carbons (Fsp3) is 0.267. The molecule has 1 aromatic heterocycles. The highest BCUT2D eigenvalue weighted by molar-refractivity contribution is 7.10. The summed E-state index contributed by atoms with van der Waals surface area (Å²) in [5, 5.41) is 11.2. The SMILES string of the molecule is Cc1cc(N2CCc3sccc3C2)ccc1C(=O)O. The van der Waals surface area contributed by atoms with Crippen LogP contribution in [0.25, 0.3) is 0 Å². The van der Waals surface area contributed by atoms with Crippen LogP contribution in [0.1, 0.15) is 26.4 Å². The van der Waals surface area contributed by atoms with Crippen LogP contribution in [0.15, 0.2) is 29.6 Å². The van der Waals surface area contributed by atoms with Gasteiger partial charge in [-0.15, -0.1) is 11.3 Å². The normalized spacial score (nSPS) is 14.3. The van der Waals surface area contributed by atoms with E-state index in [1.165, 1.54) is 10.4 Å². The zero-order valence-corrected chi connectivity index (χ0v) is 11.5. The van der Waals surface area contributed by atoms with E-state index in [1.54, 1.807) is 6.07 Å². The van der Waals surface area contributed by atoms with Crippen molar-refractivity contribution in [3.8, 4) is 0 Å². The Morgan fingerprint density at radius 3 is 2.95 bits per heavy atom. The van der Waals surface area contributed by atoms with E-state index in [2.05, 4.69) is 16.3 Å². The Bertz CT molecular complexity index is 633. The number of thiophene rings is 1. The minimum absolute atomic E-state index is 0.386. The number of aryl methyl sites for hydroxylation is 1. The molecule has 2 heterocycles. The first-order chi connectivity index (χ1) is 9.15. The summed E-state index contributed by atoms with van der Waals surface area (Å²) in [5.74, 6) is -0.859. The summed E-state index contributed by atoms with van der Waals surface area (Å²) in [4.78, 5) is 14.8. The molecule has 2 aromatic rings. The van der Waals surface area contributed by atoms with Gasteiger partial charge in [0.2, 0.25) is 0 Å². The predicted molar refractivity (Wildman–Crippen MR) is 77.2 cm³/mol. The molecule has 98 valence electrons. The molecule has 1 aliphatic rings. The number of anilines is 1.